The molecule has 26 heavy (non-hydrogen) atoms. The molecule has 1 aromatic rings. The summed E-state index contributed by atoms with van der Waals surface area (Å²) in [5.74, 6) is 0.864. The van der Waals surface area contributed by atoms with Gasteiger partial charge in [0.15, 0.2) is 17.1 Å². The van der Waals surface area contributed by atoms with E-state index in [4.69, 9.17) is 14.2 Å². The maximum Gasteiger partial charge on any atom is 0.303 e. The van der Waals surface area contributed by atoms with Crippen molar-refractivity contribution in [2.75, 3.05) is 20.8 Å². The first-order valence-corrected chi connectivity index (χ1v) is 8.87. The van der Waals surface area contributed by atoms with Crippen molar-refractivity contribution in [3.8, 4) is 11.5 Å². The van der Waals surface area contributed by atoms with Crippen LogP contribution in [0.5, 0.6) is 11.5 Å². The number of nitrogens with zero attached hydrogens (tertiary/aromatic N) is 1. The number of esters is 1. The van der Waals surface area contributed by atoms with Gasteiger partial charge in [0.2, 0.25) is 0 Å². The van der Waals surface area contributed by atoms with E-state index in [1.165, 1.54) is 6.92 Å². The Balaban J connectivity index is 2.47. The lowest BCUT2D eigenvalue weighted by molar-refractivity contribution is -0.170. The molecule has 0 spiro atoms. The molecule has 6 heteroatoms. The highest BCUT2D eigenvalue weighted by Gasteiger charge is 2.41. The third-order valence-electron chi connectivity index (χ3n) is 4.73. The first-order valence-electron chi connectivity index (χ1n) is 8.87. The fourth-order valence-electron chi connectivity index (χ4n) is 3.67. The monoisotopic (exact) mass is 363 g/mol. The minimum Gasteiger partial charge on any atom is -0.493 e. The van der Waals surface area contributed by atoms with Crippen molar-refractivity contribution in [3.05, 3.63) is 23.3 Å². The summed E-state index contributed by atoms with van der Waals surface area (Å²) >= 11 is 0. The van der Waals surface area contributed by atoms with E-state index >= 15 is 0 Å². The van der Waals surface area contributed by atoms with Crippen LogP contribution in [0.25, 0.3) is 0 Å². The van der Waals surface area contributed by atoms with Gasteiger partial charge in [0.05, 0.1) is 20.3 Å². The van der Waals surface area contributed by atoms with Crippen molar-refractivity contribution >= 4 is 11.9 Å². The molecule has 144 valence electrons. The lowest BCUT2D eigenvalue weighted by Crippen LogP contribution is -2.52. The second-order valence-corrected chi connectivity index (χ2v) is 7.45. The average molecular weight is 363 g/mol. The van der Waals surface area contributed by atoms with Gasteiger partial charge in [-0.3, -0.25) is 9.59 Å². The Labute approximate surface area is 155 Å². The summed E-state index contributed by atoms with van der Waals surface area (Å²) in [5.41, 5.74) is 0.999. The fourth-order valence-corrected chi connectivity index (χ4v) is 3.67. The van der Waals surface area contributed by atoms with Gasteiger partial charge in [-0.25, -0.2) is 0 Å². The zero-order valence-electron chi connectivity index (χ0n) is 16.7. The number of rotatable bonds is 5. The number of carbonyl (C=O) groups is 2. The number of methoxy groups -OCH3 is 2. The molecule has 0 aromatic heterocycles. The molecule has 6 nitrogen and oxygen atoms in total. The summed E-state index contributed by atoms with van der Waals surface area (Å²) in [7, 11) is 3.22. The summed E-state index contributed by atoms with van der Waals surface area (Å²) in [6.07, 6.45) is 0.709. The predicted octanol–water partition coefficient (Wildman–Crippen LogP) is 3.13. The Morgan fingerprint density at radius 2 is 1.73 bits per heavy atom. The average Bonchev–Trinajstić information content (AvgIpc) is 2.57. The summed E-state index contributed by atoms with van der Waals surface area (Å²) in [4.78, 5) is 26.4. The van der Waals surface area contributed by atoms with Gasteiger partial charge in [0.25, 0.3) is 5.91 Å². The quantitative estimate of drug-likeness (QED) is 0.752. The SMILES string of the molecule is COc1cc2c(cc1OC)C(C(C)C)N(C(=O)C(C)(C)OC(C)=O)CC2. The Morgan fingerprint density at radius 3 is 2.23 bits per heavy atom. The predicted molar refractivity (Wildman–Crippen MR) is 98.4 cm³/mol. The van der Waals surface area contributed by atoms with E-state index < -0.39 is 11.6 Å². The maximum absolute atomic E-state index is 13.2. The van der Waals surface area contributed by atoms with Crippen molar-refractivity contribution in [2.24, 2.45) is 5.92 Å². The van der Waals surface area contributed by atoms with E-state index in [0.717, 1.165) is 11.1 Å². The number of ether oxygens (including phenoxy) is 3. The van der Waals surface area contributed by atoms with Crippen molar-refractivity contribution in [3.63, 3.8) is 0 Å². The van der Waals surface area contributed by atoms with Crippen molar-refractivity contribution in [1.82, 2.24) is 4.90 Å². The molecule has 1 heterocycles. The van der Waals surface area contributed by atoms with Crippen molar-refractivity contribution in [2.45, 2.75) is 52.7 Å². The molecule has 0 N–H and O–H groups in total. The van der Waals surface area contributed by atoms with Crippen LogP contribution in [0, 0.1) is 5.92 Å². The molecule has 0 saturated carbocycles. The van der Waals surface area contributed by atoms with Crippen LogP contribution in [0.15, 0.2) is 12.1 Å². The van der Waals surface area contributed by atoms with Gasteiger partial charge in [-0.1, -0.05) is 13.8 Å². The Kier molecular flexibility index (Phi) is 5.84. The second kappa shape index (κ2) is 7.56. The first kappa shape index (κ1) is 20.1. The highest BCUT2D eigenvalue weighted by atomic mass is 16.6. The summed E-state index contributed by atoms with van der Waals surface area (Å²) < 4.78 is 16.1. The number of amides is 1. The zero-order valence-corrected chi connectivity index (χ0v) is 16.7. The van der Waals surface area contributed by atoms with Gasteiger partial charge in [-0.15, -0.1) is 0 Å². The minimum absolute atomic E-state index is 0.124. The van der Waals surface area contributed by atoms with Gasteiger partial charge < -0.3 is 19.1 Å². The van der Waals surface area contributed by atoms with Gasteiger partial charge in [0.1, 0.15) is 0 Å². The molecular formula is C20H29NO5. The Hall–Kier alpha value is -2.24. The van der Waals surface area contributed by atoms with E-state index in [1.807, 2.05) is 17.0 Å². The first-order chi connectivity index (χ1) is 12.1. The summed E-state index contributed by atoms with van der Waals surface area (Å²) in [6, 6.07) is 3.82. The standard InChI is InChI=1S/C20H29NO5/c1-12(2)18-15-11-17(25-7)16(24-6)10-14(15)8-9-21(18)19(23)20(4,5)26-13(3)22/h10-12,18H,8-9H2,1-7H3. The summed E-state index contributed by atoms with van der Waals surface area (Å²) in [5, 5.41) is 0. The molecule has 1 aliphatic rings. The van der Waals surface area contributed by atoms with E-state index in [2.05, 4.69) is 13.8 Å². The van der Waals surface area contributed by atoms with Crippen LogP contribution in [0.3, 0.4) is 0 Å². The van der Waals surface area contributed by atoms with Crippen LogP contribution in [-0.2, 0) is 20.7 Å². The van der Waals surface area contributed by atoms with Crippen LogP contribution < -0.4 is 9.47 Å². The lowest BCUT2D eigenvalue weighted by atomic mass is 9.85. The highest BCUT2D eigenvalue weighted by Crippen LogP contribution is 2.41. The van der Waals surface area contributed by atoms with Crippen LogP contribution in [0.4, 0.5) is 0 Å². The maximum atomic E-state index is 13.2. The van der Waals surface area contributed by atoms with Gasteiger partial charge >= 0.3 is 5.97 Å². The molecule has 2 rings (SSSR count). The summed E-state index contributed by atoms with van der Waals surface area (Å²) in [6.45, 7) is 9.31. The molecular weight excluding hydrogens is 334 g/mol. The van der Waals surface area contributed by atoms with Crippen LogP contribution in [0.1, 0.15) is 51.8 Å². The molecule has 1 unspecified atom stereocenters. The number of carbonyl (C=O) groups excluding carboxylic acids is 2. The Bertz CT molecular complexity index is 696. The molecule has 0 saturated heterocycles. The second-order valence-electron chi connectivity index (χ2n) is 7.45. The zero-order chi connectivity index (χ0) is 19.6. The third kappa shape index (κ3) is 3.79. The smallest absolute Gasteiger partial charge is 0.303 e. The molecule has 1 atom stereocenters. The number of hydrogen-bond acceptors (Lipinski definition) is 5. The van der Waals surface area contributed by atoms with Crippen molar-refractivity contribution in [1.29, 1.82) is 0 Å². The van der Waals surface area contributed by atoms with Crippen LogP contribution >= 0.6 is 0 Å². The number of hydrogen-bond donors (Lipinski definition) is 0. The van der Waals surface area contributed by atoms with E-state index in [-0.39, 0.29) is 17.9 Å². The Morgan fingerprint density at radius 1 is 1.15 bits per heavy atom. The number of benzene rings is 1. The van der Waals surface area contributed by atoms with E-state index in [9.17, 15) is 9.59 Å². The van der Waals surface area contributed by atoms with Gasteiger partial charge in [-0.05, 0) is 49.4 Å². The molecule has 0 bridgehead atoms. The van der Waals surface area contributed by atoms with Crippen molar-refractivity contribution < 1.29 is 23.8 Å². The molecule has 0 aliphatic carbocycles. The molecule has 1 aromatic carbocycles. The van der Waals surface area contributed by atoms with Crippen LogP contribution in [0.2, 0.25) is 0 Å². The van der Waals surface area contributed by atoms with E-state index in [0.29, 0.717) is 24.5 Å². The minimum atomic E-state index is -1.20. The topological polar surface area (TPSA) is 65.1 Å². The normalized spacial score (nSPS) is 16.9. The third-order valence-corrected chi connectivity index (χ3v) is 4.73. The molecule has 1 amide bonds. The largest absolute Gasteiger partial charge is 0.493 e. The number of fused-ring (bicyclic) bond motifs is 1. The van der Waals surface area contributed by atoms with Gasteiger partial charge in [-0.2, -0.15) is 0 Å². The highest BCUT2D eigenvalue weighted by molar-refractivity contribution is 5.87. The fraction of sp³-hybridized carbons (Fsp3) is 0.600. The molecule has 0 radical (unpaired) electrons. The van der Waals surface area contributed by atoms with E-state index in [1.54, 1.807) is 28.1 Å². The lowest BCUT2D eigenvalue weighted by Gasteiger charge is -2.43. The van der Waals surface area contributed by atoms with Crippen LogP contribution in [-0.4, -0.2) is 43.1 Å². The molecule has 1 aliphatic heterocycles. The van der Waals surface area contributed by atoms with Gasteiger partial charge in [0, 0.05) is 13.5 Å². The molecule has 0 fully saturated rings.